The van der Waals surface area contributed by atoms with Crippen molar-refractivity contribution in [3.63, 3.8) is 0 Å². The average Bonchev–Trinajstić information content (AvgIpc) is 3.25. The van der Waals surface area contributed by atoms with Crippen molar-refractivity contribution < 1.29 is 19.1 Å². The molecule has 2 amide bonds. The van der Waals surface area contributed by atoms with Gasteiger partial charge in [0, 0.05) is 23.7 Å². The fraction of sp³-hybridized carbons (Fsp3) is 0.294. The molecule has 1 atom stereocenters. The summed E-state index contributed by atoms with van der Waals surface area (Å²) in [6, 6.07) is 3.36. The summed E-state index contributed by atoms with van der Waals surface area (Å²) in [5.41, 5.74) is 0.310. The zero-order valence-electron chi connectivity index (χ0n) is 15.1. The van der Waals surface area contributed by atoms with Crippen LogP contribution in [0.15, 0.2) is 29.5 Å². The summed E-state index contributed by atoms with van der Waals surface area (Å²) in [4.78, 5) is 49.5. The zero-order valence-corrected chi connectivity index (χ0v) is 16.7. The van der Waals surface area contributed by atoms with Gasteiger partial charge in [-0.05, 0) is 18.6 Å². The van der Waals surface area contributed by atoms with Crippen LogP contribution in [-0.2, 0) is 20.7 Å². The highest BCUT2D eigenvalue weighted by molar-refractivity contribution is 8.15. The quantitative estimate of drug-likeness (QED) is 0.688. The SMILES string of the molecule is CCc1cc(C(=O)OC)c(NC(=O)CC2S/C(=N\c3ncccn3)NC2=O)s1. The third-order valence-electron chi connectivity index (χ3n) is 3.69. The molecule has 0 radical (unpaired) electrons. The molecule has 11 heteroatoms. The van der Waals surface area contributed by atoms with Crippen molar-refractivity contribution in [1.29, 1.82) is 0 Å². The number of methoxy groups -OCH3 is 1. The van der Waals surface area contributed by atoms with E-state index in [1.165, 1.54) is 18.4 Å². The Labute approximate surface area is 169 Å². The van der Waals surface area contributed by atoms with Gasteiger partial charge in [0.1, 0.15) is 10.3 Å². The first-order valence-electron chi connectivity index (χ1n) is 8.34. The number of aromatic nitrogens is 2. The van der Waals surface area contributed by atoms with Crippen molar-refractivity contribution in [2.45, 2.75) is 25.0 Å². The molecule has 146 valence electrons. The second-order valence-corrected chi connectivity index (χ2v) is 7.94. The van der Waals surface area contributed by atoms with Gasteiger partial charge < -0.3 is 15.4 Å². The zero-order chi connectivity index (χ0) is 20.1. The number of nitrogens with zero attached hydrogens (tertiary/aromatic N) is 3. The Balaban J connectivity index is 1.65. The Bertz CT molecular complexity index is 929. The number of aliphatic imine (C=N–C) groups is 1. The molecule has 1 saturated heterocycles. The standard InChI is InChI=1S/C17H17N5O4S2/c1-3-9-7-10(15(25)26-2)14(27-9)20-12(23)8-11-13(24)21-17(28-11)22-16-18-5-4-6-19-16/h4-7,11H,3,8H2,1-2H3,(H,20,23)(H,18,19,21,22,24). The van der Waals surface area contributed by atoms with E-state index in [9.17, 15) is 14.4 Å². The molecule has 9 nitrogen and oxygen atoms in total. The number of amides is 2. The Kier molecular flexibility index (Phi) is 6.37. The van der Waals surface area contributed by atoms with Crippen molar-refractivity contribution in [2.24, 2.45) is 4.99 Å². The summed E-state index contributed by atoms with van der Waals surface area (Å²) in [6.45, 7) is 1.95. The molecule has 1 aliphatic heterocycles. The maximum absolute atomic E-state index is 12.4. The number of amidine groups is 1. The lowest BCUT2D eigenvalue weighted by Crippen LogP contribution is -2.28. The Morgan fingerprint density at radius 3 is 2.79 bits per heavy atom. The monoisotopic (exact) mass is 419 g/mol. The van der Waals surface area contributed by atoms with Crippen LogP contribution in [0.2, 0.25) is 0 Å². The molecule has 2 N–H and O–H groups in total. The van der Waals surface area contributed by atoms with Crippen molar-refractivity contribution in [2.75, 3.05) is 12.4 Å². The lowest BCUT2D eigenvalue weighted by atomic mass is 10.2. The maximum atomic E-state index is 12.4. The smallest absolute Gasteiger partial charge is 0.340 e. The second-order valence-electron chi connectivity index (χ2n) is 5.61. The van der Waals surface area contributed by atoms with Gasteiger partial charge in [0.05, 0.1) is 12.7 Å². The molecule has 1 fully saturated rings. The minimum Gasteiger partial charge on any atom is -0.465 e. The molecular formula is C17H17N5O4S2. The summed E-state index contributed by atoms with van der Waals surface area (Å²) < 4.78 is 4.76. The van der Waals surface area contributed by atoms with Crippen molar-refractivity contribution in [1.82, 2.24) is 15.3 Å². The van der Waals surface area contributed by atoms with Crippen LogP contribution in [-0.4, -0.2) is 45.3 Å². The number of aryl methyl sites for hydroxylation is 1. The Morgan fingerprint density at radius 1 is 1.36 bits per heavy atom. The molecule has 3 rings (SSSR count). The average molecular weight is 419 g/mol. The van der Waals surface area contributed by atoms with Gasteiger partial charge in [-0.1, -0.05) is 18.7 Å². The van der Waals surface area contributed by atoms with E-state index in [1.54, 1.807) is 24.5 Å². The van der Waals surface area contributed by atoms with Crippen LogP contribution < -0.4 is 10.6 Å². The molecular weight excluding hydrogens is 402 g/mol. The predicted molar refractivity (Wildman–Crippen MR) is 107 cm³/mol. The van der Waals surface area contributed by atoms with E-state index in [0.717, 1.165) is 23.1 Å². The van der Waals surface area contributed by atoms with Gasteiger partial charge in [-0.2, -0.15) is 4.99 Å². The number of esters is 1. The number of carbonyl (C=O) groups is 3. The van der Waals surface area contributed by atoms with Crippen molar-refractivity contribution in [3.05, 3.63) is 35.0 Å². The summed E-state index contributed by atoms with van der Waals surface area (Å²) >= 11 is 2.45. The van der Waals surface area contributed by atoms with E-state index >= 15 is 0 Å². The summed E-state index contributed by atoms with van der Waals surface area (Å²) in [5.74, 6) is -0.983. The lowest BCUT2D eigenvalue weighted by Gasteiger charge is -2.07. The molecule has 1 aliphatic rings. The van der Waals surface area contributed by atoms with Crippen molar-refractivity contribution in [3.8, 4) is 0 Å². The molecule has 2 aromatic rings. The van der Waals surface area contributed by atoms with E-state index < -0.39 is 11.2 Å². The molecule has 2 aromatic heterocycles. The van der Waals surface area contributed by atoms with Gasteiger partial charge in [0.15, 0.2) is 5.17 Å². The molecule has 0 bridgehead atoms. The lowest BCUT2D eigenvalue weighted by molar-refractivity contribution is -0.122. The van der Waals surface area contributed by atoms with E-state index in [4.69, 9.17) is 4.74 Å². The first-order chi connectivity index (χ1) is 13.5. The molecule has 0 aliphatic carbocycles. The number of hydrogen-bond donors (Lipinski definition) is 2. The first-order valence-corrected chi connectivity index (χ1v) is 10.0. The van der Waals surface area contributed by atoms with Gasteiger partial charge >= 0.3 is 5.97 Å². The molecule has 28 heavy (non-hydrogen) atoms. The fourth-order valence-electron chi connectivity index (χ4n) is 2.35. The summed E-state index contributed by atoms with van der Waals surface area (Å²) in [6.07, 6.45) is 3.75. The fourth-order valence-corrected chi connectivity index (χ4v) is 4.31. The van der Waals surface area contributed by atoms with Gasteiger partial charge in [-0.25, -0.2) is 14.8 Å². The van der Waals surface area contributed by atoms with Crippen LogP contribution >= 0.6 is 23.1 Å². The number of anilines is 1. The number of ether oxygens (including phenoxy) is 1. The van der Waals surface area contributed by atoms with E-state index in [1.807, 2.05) is 6.92 Å². The summed E-state index contributed by atoms with van der Waals surface area (Å²) in [5, 5.41) is 5.46. The largest absolute Gasteiger partial charge is 0.465 e. The van der Waals surface area contributed by atoms with E-state index in [-0.39, 0.29) is 24.2 Å². The van der Waals surface area contributed by atoms with Crippen LogP contribution in [0, 0.1) is 0 Å². The molecule has 0 aromatic carbocycles. The highest BCUT2D eigenvalue weighted by Crippen LogP contribution is 2.30. The normalized spacial score (nSPS) is 17.4. The number of nitrogens with one attached hydrogen (secondary N) is 2. The predicted octanol–water partition coefficient (Wildman–Crippen LogP) is 2.13. The highest BCUT2D eigenvalue weighted by atomic mass is 32.2. The van der Waals surface area contributed by atoms with Gasteiger partial charge in [-0.15, -0.1) is 11.3 Å². The Morgan fingerprint density at radius 2 is 2.11 bits per heavy atom. The highest BCUT2D eigenvalue weighted by Gasteiger charge is 2.32. The minimum absolute atomic E-state index is 0.0643. The number of thiophene rings is 1. The number of rotatable bonds is 6. The van der Waals surface area contributed by atoms with Crippen molar-refractivity contribution >= 4 is 57.0 Å². The first kappa shape index (κ1) is 20.0. The molecule has 0 spiro atoms. The third-order valence-corrected chi connectivity index (χ3v) is 5.97. The van der Waals surface area contributed by atoms with Crippen LogP contribution in [0.3, 0.4) is 0 Å². The Hall–Kier alpha value is -2.79. The number of hydrogen-bond acceptors (Lipinski definition) is 9. The number of thioether (sulfide) groups is 1. The second kappa shape index (κ2) is 8.93. The van der Waals surface area contributed by atoms with E-state index in [2.05, 4.69) is 25.6 Å². The van der Waals surface area contributed by atoms with Gasteiger partial charge in [-0.3, -0.25) is 9.59 Å². The molecule has 1 unspecified atom stereocenters. The van der Waals surface area contributed by atoms with E-state index in [0.29, 0.717) is 15.7 Å². The topological polar surface area (TPSA) is 123 Å². The summed E-state index contributed by atoms with van der Waals surface area (Å²) in [7, 11) is 1.29. The molecule has 0 saturated carbocycles. The van der Waals surface area contributed by atoms with Gasteiger partial charge in [0.2, 0.25) is 11.8 Å². The third kappa shape index (κ3) is 4.73. The molecule has 3 heterocycles. The maximum Gasteiger partial charge on any atom is 0.340 e. The van der Waals surface area contributed by atoms with Crippen LogP contribution in [0.25, 0.3) is 0 Å². The van der Waals surface area contributed by atoms with Crippen LogP contribution in [0.1, 0.15) is 28.6 Å². The van der Waals surface area contributed by atoms with Crippen LogP contribution in [0.5, 0.6) is 0 Å². The van der Waals surface area contributed by atoms with Gasteiger partial charge in [0.25, 0.3) is 5.95 Å². The number of carbonyl (C=O) groups excluding carboxylic acids is 3. The minimum atomic E-state index is -0.630. The van der Waals surface area contributed by atoms with Crippen LogP contribution in [0.4, 0.5) is 10.9 Å².